The van der Waals surface area contributed by atoms with E-state index in [1.807, 2.05) is 6.92 Å². The average molecular weight is 190 g/mol. The van der Waals surface area contributed by atoms with Crippen LogP contribution in [0.3, 0.4) is 0 Å². The smallest absolute Gasteiger partial charge is 0.0805 e. The van der Waals surface area contributed by atoms with E-state index in [0.29, 0.717) is 0 Å². The van der Waals surface area contributed by atoms with E-state index in [2.05, 4.69) is 6.58 Å². The Morgan fingerprint density at radius 1 is 1.33 bits per heavy atom. The van der Waals surface area contributed by atoms with Crippen LogP contribution < -0.4 is 0 Å². The zero-order valence-electron chi connectivity index (χ0n) is 7.81. The number of hydrogen-bond acceptors (Lipinski definition) is 1. The molecule has 1 nitrogen and oxygen atoms in total. The fourth-order valence-corrected chi connectivity index (χ4v) is 1.11. The molecule has 0 rings (SSSR count). The Hall–Kier alpha value is -0.0100. The van der Waals surface area contributed by atoms with Crippen LogP contribution in [0.2, 0.25) is 0 Å². The molecule has 0 heterocycles. The summed E-state index contributed by atoms with van der Waals surface area (Å²) in [5.41, 5.74) is 0. The van der Waals surface area contributed by atoms with E-state index in [1.165, 1.54) is 12.8 Å². The Balaban J connectivity index is 2.86. The van der Waals surface area contributed by atoms with Gasteiger partial charge in [-0.15, -0.1) is 0 Å². The minimum atomic E-state index is 0.771. The van der Waals surface area contributed by atoms with Crippen molar-refractivity contribution in [2.24, 2.45) is 0 Å². The van der Waals surface area contributed by atoms with E-state index in [9.17, 15) is 0 Å². The van der Waals surface area contributed by atoms with Crippen LogP contribution in [0.1, 0.15) is 39.0 Å². The Kier molecular flexibility index (Phi) is 9.07. The topological polar surface area (TPSA) is 9.23 Å². The van der Waals surface area contributed by atoms with Crippen LogP contribution in [0.5, 0.6) is 0 Å². The molecule has 0 N–H and O–H groups in total. The second-order valence-corrected chi connectivity index (χ2v) is 3.32. The van der Waals surface area contributed by atoms with Gasteiger partial charge in [0.2, 0.25) is 0 Å². The predicted octanol–water partition coefficient (Wildman–Crippen LogP) is 3.89. The molecule has 12 heavy (non-hydrogen) atoms. The van der Waals surface area contributed by atoms with Crippen LogP contribution in [0.15, 0.2) is 11.6 Å². The first-order chi connectivity index (χ1) is 5.77. The maximum Gasteiger partial charge on any atom is 0.0805 e. The van der Waals surface area contributed by atoms with Gasteiger partial charge in [0.1, 0.15) is 0 Å². The fourth-order valence-electron chi connectivity index (χ4n) is 0.974. The number of hydrogen-bond donors (Lipinski definition) is 0. The monoisotopic (exact) mass is 189 g/mol. The molecule has 0 spiro atoms. The average Bonchev–Trinajstić information content (AvgIpc) is 2.02. The summed E-state index contributed by atoms with van der Waals surface area (Å²) < 4.78 is 5.09. The Morgan fingerprint density at radius 2 is 2.00 bits per heavy atom. The first-order valence-electron chi connectivity index (χ1n) is 4.50. The molecule has 0 amide bonds. The highest BCUT2D eigenvalue weighted by Gasteiger charge is 1.91. The quantitative estimate of drug-likeness (QED) is 0.527. The molecule has 0 aliphatic heterocycles. The zero-order chi connectivity index (χ0) is 9.23. The first-order valence-corrected chi connectivity index (χ1v) is 4.88. The lowest BCUT2D eigenvalue weighted by atomic mass is 10.1. The highest BCUT2D eigenvalue weighted by Crippen LogP contribution is 2.11. The highest BCUT2D eigenvalue weighted by molar-refractivity contribution is 6.29. The van der Waals surface area contributed by atoms with E-state index >= 15 is 0 Å². The molecule has 0 fully saturated rings. The van der Waals surface area contributed by atoms with Crippen molar-refractivity contribution in [2.75, 3.05) is 6.61 Å². The number of allylic oxidation sites excluding steroid dienone is 1. The van der Waals surface area contributed by atoms with Gasteiger partial charge in [0.15, 0.2) is 0 Å². The van der Waals surface area contributed by atoms with E-state index in [4.69, 9.17) is 16.3 Å². The number of halogens is 1. The highest BCUT2D eigenvalue weighted by atomic mass is 35.5. The van der Waals surface area contributed by atoms with Gasteiger partial charge in [-0.2, -0.15) is 0 Å². The summed E-state index contributed by atoms with van der Waals surface area (Å²) in [6, 6.07) is 0. The predicted molar refractivity (Wildman–Crippen MR) is 54.0 cm³/mol. The van der Waals surface area contributed by atoms with Gasteiger partial charge in [0.25, 0.3) is 0 Å². The molecule has 0 aromatic rings. The number of rotatable bonds is 8. The zero-order valence-corrected chi connectivity index (χ0v) is 8.57. The molecular weight excluding hydrogens is 172 g/mol. The van der Waals surface area contributed by atoms with Crippen molar-refractivity contribution >= 4 is 11.6 Å². The molecule has 0 unspecified atom stereocenters. The summed E-state index contributed by atoms with van der Waals surface area (Å²) >= 11 is 5.62. The molecule has 0 aliphatic carbocycles. The molecule has 0 aliphatic rings. The molecule has 0 aromatic carbocycles. The van der Waals surface area contributed by atoms with E-state index in [1.54, 1.807) is 6.61 Å². The molecule has 1 radical (unpaired) electrons. The van der Waals surface area contributed by atoms with Gasteiger partial charge in [-0.05, 0) is 26.2 Å². The van der Waals surface area contributed by atoms with Crippen molar-refractivity contribution in [3.63, 3.8) is 0 Å². The minimum absolute atomic E-state index is 0.771. The molecular formula is C10H18ClO. The second kappa shape index (κ2) is 9.08. The third-order valence-electron chi connectivity index (χ3n) is 1.63. The van der Waals surface area contributed by atoms with E-state index < -0.39 is 0 Å². The summed E-state index contributed by atoms with van der Waals surface area (Å²) in [6.45, 7) is 8.12. The summed E-state index contributed by atoms with van der Waals surface area (Å²) in [5, 5.41) is 0.771. The van der Waals surface area contributed by atoms with Gasteiger partial charge < -0.3 is 4.74 Å². The number of ether oxygens (including phenoxy) is 1. The van der Waals surface area contributed by atoms with Crippen LogP contribution in [0.4, 0.5) is 0 Å². The molecule has 0 saturated heterocycles. The van der Waals surface area contributed by atoms with Crippen LogP contribution in [0.25, 0.3) is 0 Å². The maximum atomic E-state index is 5.62. The van der Waals surface area contributed by atoms with Crippen LogP contribution in [-0.4, -0.2) is 6.61 Å². The van der Waals surface area contributed by atoms with Crippen LogP contribution in [0, 0.1) is 6.61 Å². The Labute approximate surface area is 80.8 Å². The summed E-state index contributed by atoms with van der Waals surface area (Å²) in [5.74, 6) is 0. The van der Waals surface area contributed by atoms with Crippen molar-refractivity contribution in [1.82, 2.24) is 0 Å². The van der Waals surface area contributed by atoms with E-state index in [0.717, 1.165) is 30.9 Å². The summed E-state index contributed by atoms with van der Waals surface area (Å²) in [7, 11) is 0. The third kappa shape index (κ3) is 9.99. The SMILES string of the molecule is C=C(Cl)CCCCCCO[CH]C. The lowest BCUT2D eigenvalue weighted by Crippen LogP contribution is -1.89. The summed E-state index contributed by atoms with van der Waals surface area (Å²) in [6.07, 6.45) is 5.68. The maximum absolute atomic E-state index is 5.62. The van der Waals surface area contributed by atoms with Crippen LogP contribution >= 0.6 is 11.6 Å². The molecule has 0 atom stereocenters. The molecule has 71 valence electrons. The summed E-state index contributed by atoms with van der Waals surface area (Å²) in [4.78, 5) is 0. The molecule has 0 saturated carbocycles. The van der Waals surface area contributed by atoms with Gasteiger partial charge in [0.05, 0.1) is 6.61 Å². The van der Waals surface area contributed by atoms with Crippen molar-refractivity contribution in [2.45, 2.75) is 39.0 Å². The van der Waals surface area contributed by atoms with Crippen molar-refractivity contribution in [3.8, 4) is 0 Å². The van der Waals surface area contributed by atoms with Gasteiger partial charge in [0, 0.05) is 11.6 Å². The van der Waals surface area contributed by atoms with Gasteiger partial charge in [-0.25, -0.2) is 0 Å². The molecule has 0 aromatic heterocycles. The standard InChI is InChI=1S/C10H18ClO/c1-3-12-9-7-5-4-6-8-10(2)11/h3H,2,4-9H2,1H3. The van der Waals surface area contributed by atoms with Crippen molar-refractivity contribution < 1.29 is 4.74 Å². The fraction of sp³-hybridized carbons (Fsp3) is 0.700. The van der Waals surface area contributed by atoms with Crippen molar-refractivity contribution in [1.29, 1.82) is 0 Å². The lowest BCUT2D eigenvalue weighted by molar-refractivity contribution is 0.197. The largest absolute Gasteiger partial charge is 0.376 e. The Bertz CT molecular complexity index is 112. The number of unbranched alkanes of at least 4 members (excludes halogenated alkanes) is 3. The second-order valence-electron chi connectivity index (χ2n) is 2.79. The molecule has 2 heteroatoms. The molecule has 0 bridgehead atoms. The minimum Gasteiger partial charge on any atom is -0.376 e. The van der Waals surface area contributed by atoms with Gasteiger partial charge in [-0.1, -0.05) is 31.0 Å². The Morgan fingerprint density at radius 3 is 2.58 bits per heavy atom. The normalized spacial score (nSPS) is 10.2. The first kappa shape index (κ1) is 12.0. The van der Waals surface area contributed by atoms with Gasteiger partial charge in [-0.3, -0.25) is 0 Å². The van der Waals surface area contributed by atoms with Crippen LogP contribution in [-0.2, 0) is 4.74 Å². The lowest BCUT2D eigenvalue weighted by Gasteiger charge is -2.00. The van der Waals surface area contributed by atoms with Gasteiger partial charge >= 0.3 is 0 Å². The van der Waals surface area contributed by atoms with E-state index in [-0.39, 0.29) is 0 Å². The third-order valence-corrected chi connectivity index (χ3v) is 1.82. The van der Waals surface area contributed by atoms with Crippen molar-refractivity contribution in [3.05, 3.63) is 18.2 Å².